The third-order valence-electron chi connectivity index (χ3n) is 1.72. The maximum atomic E-state index is 11.1. The minimum Gasteiger partial charge on any atom is -0.295 e. The van der Waals surface area contributed by atoms with Crippen LogP contribution < -0.4 is 0 Å². The van der Waals surface area contributed by atoms with Gasteiger partial charge in [-0.3, -0.25) is 4.79 Å². The van der Waals surface area contributed by atoms with Gasteiger partial charge < -0.3 is 0 Å². The Bertz CT molecular complexity index is 334. The van der Waals surface area contributed by atoms with Crippen molar-refractivity contribution in [3.8, 4) is 0 Å². The van der Waals surface area contributed by atoms with Gasteiger partial charge in [-0.1, -0.05) is 11.6 Å². The van der Waals surface area contributed by atoms with Crippen LogP contribution in [-0.4, -0.2) is 5.78 Å². The van der Waals surface area contributed by atoms with E-state index in [1.807, 2.05) is 6.92 Å². The highest BCUT2D eigenvalue weighted by atomic mass is 127. The van der Waals surface area contributed by atoms with Crippen molar-refractivity contribution in [2.24, 2.45) is 0 Å². The van der Waals surface area contributed by atoms with Crippen LogP contribution in [0.4, 0.5) is 0 Å². The van der Waals surface area contributed by atoms with Crippen molar-refractivity contribution in [2.75, 3.05) is 0 Å². The Hall–Kier alpha value is -0.0900. The quantitative estimate of drug-likeness (QED) is 0.573. The first-order chi connectivity index (χ1) is 5.54. The van der Waals surface area contributed by atoms with Gasteiger partial charge in [0.2, 0.25) is 0 Å². The molecule has 0 saturated carbocycles. The van der Waals surface area contributed by atoms with Gasteiger partial charge in [0.25, 0.3) is 0 Å². The fourth-order valence-electron chi connectivity index (χ4n) is 1.03. The van der Waals surface area contributed by atoms with E-state index in [4.69, 9.17) is 11.6 Å². The van der Waals surface area contributed by atoms with E-state index in [-0.39, 0.29) is 5.78 Å². The maximum Gasteiger partial charge on any atom is 0.160 e. The number of ketones is 1. The van der Waals surface area contributed by atoms with Crippen molar-refractivity contribution in [2.45, 2.75) is 13.8 Å². The summed E-state index contributed by atoms with van der Waals surface area (Å²) in [5.74, 6) is 0.0853. The average Bonchev–Trinajstić information content (AvgIpc) is 2.00. The molecule has 0 fully saturated rings. The molecule has 64 valence electrons. The predicted molar refractivity (Wildman–Crippen MR) is 58.9 cm³/mol. The molecule has 1 aromatic carbocycles. The van der Waals surface area contributed by atoms with E-state index < -0.39 is 0 Å². The fourth-order valence-corrected chi connectivity index (χ4v) is 1.71. The van der Waals surface area contributed by atoms with Crippen molar-refractivity contribution < 1.29 is 4.79 Å². The first-order valence-electron chi connectivity index (χ1n) is 3.49. The van der Waals surface area contributed by atoms with Crippen molar-refractivity contribution >= 4 is 40.0 Å². The van der Waals surface area contributed by atoms with Crippen LogP contribution in [0.5, 0.6) is 0 Å². The number of hydrogen-bond donors (Lipinski definition) is 0. The SMILES string of the molecule is CC(=O)c1ccc(Cl)c(I)c1C. The van der Waals surface area contributed by atoms with E-state index in [0.717, 1.165) is 14.7 Å². The Morgan fingerprint density at radius 2 is 2.08 bits per heavy atom. The minimum atomic E-state index is 0.0853. The summed E-state index contributed by atoms with van der Waals surface area (Å²) in [6.07, 6.45) is 0. The van der Waals surface area contributed by atoms with Gasteiger partial charge in [-0.25, -0.2) is 0 Å². The molecule has 1 rings (SSSR count). The lowest BCUT2D eigenvalue weighted by Gasteiger charge is -2.05. The summed E-state index contributed by atoms with van der Waals surface area (Å²) < 4.78 is 0.960. The van der Waals surface area contributed by atoms with Gasteiger partial charge in [0, 0.05) is 9.13 Å². The normalized spacial score (nSPS) is 10.0. The van der Waals surface area contributed by atoms with E-state index in [0.29, 0.717) is 5.02 Å². The molecule has 0 amide bonds. The number of Topliss-reactive ketones (excluding diaryl/α,β-unsaturated/α-hetero) is 1. The van der Waals surface area contributed by atoms with Crippen LogP contribution >= 0.6 is 34.2 Å². The molecule has 1 nitrogen and oxygen atoms in total. The number of rotatable bonds is 1. The smallest absolute Gasteiger partial charge is 0.160 e. The lowest BCUT2D eigenvalue weighted by molar-refractivity contribution is 0.101. The number of halogens is 2. The average molecular weight is 295 g/mol. The summed E-state index contributed by atoms with van der Waals surface area (Å²) in [5.41, 5.74) is 1.72. The van der Waals surface area contributed by atoms with Crippen LogP contribution in [0.15, 0.2) is 12.1 Å². The summed E-state index contributed by atoms with van der Waals surface area (Å²) in [6.45, 7) is 3.47. The molecular weight excluding hydrogens is 286 g/mol. The van der Waals surface area contributed by atoms with Gasteiger partial charge in [0.15, 0.2) is 5.78 Å². The summed E-state index contributed by atoms with van der Waals surface area (Å²) in [5, 5.41) is 0.707. The molecule has 0 spiro atoms. The van der Waals surface area contributed by atoms with Gasteiger partial charge >= 0.3 is 0 Å². The molecule has 1 aromatic rings. The molecule has 0 aromatic heterocycles. The standard InChI is InChI=1S/C9H8ClIO/c1-5-7(6(2)12)3-4-8(10)9(5)11/h3-4H,1-2H3. The monoisotopic (exact) mass is 294 g/mol. The van der Waals surface area contributed by atoms with Crippen LogP contribution in [0.1, 0.15) is 22.8 Å². The van der Waals surface area contributed by atoms with Crippen LogP contribution in [0.3, 0.4) is 0 Å². The van der Waals surface area contributed by atoms with E-state index in [2.05, 4.69) is 22.6 Å². The molecule has 0 radical (unpaired) electrons. The fraction of sp³-hybridized carbons (Fsp3) is 0.222. The third kappa shape index (κ3) is 1.80. The van der Waals surface area contributed by atoms with Crippen molar-refractivity contribution in [3.05, 3.63) is 31.9 Å². The Kier molecular flexibility index (Phi) is 3.12. The molecule has 0 heterocycles. The van der Waals surface area contributed by atoms with Gasteiger partial charge in [0.1, 0.15) is 0 Å². The molecular formula is C9H8ClIO. The molecule has 0 saturated heterocycles. The van der Waals surface area contributed by atoms with Crippen molar-refractivity contribution in [1.82, 2.24) is 0 Å². The highest BCUT2D eigenvalue weighted by Crippen LogP contribution is 2.24. The van der Waals surface area contributed by atoms with Crippen molar-refractivity contribution in [1.29, 1.82) is 0 Å². The van der Waals surface area contributed by atoms with Crippen molar-refractivity contribution in [3.63, 3.8) is 0 Å². The van der Waals surface area contributed by atoms with Crippen LogP contribution in [0.2, 0.25) is 5.02 Å². The van der Waals surface area contributed by atoms with Crippen LogP contribution in [-0.2, 0) is 0 Å². The Morgan fingerprint density at radius 1 is 1.50 bits per heavy atom. The van der Waals surface area contributed by atoms with E-state index in [1.165, 1.54) is 0 Å². The zero-order valence-electron chi connectivity index (χ0n) is 6.82. The molecule has 12 heavy (non-hydrogen) atoms. The topological polar surface area (TPSA) is 17.1 Å². The number of benzene rings is 1. The van der Waals surface area contributed by atoms with Gasteiger partial charge in [0.05, 0.1) is 5.02 Å². The molecule has 0 aliphatic rings. The second-order valence-corrected chi connectivity index (χ2v) is 4.08. The summed E-state index contributed by atoms with van der Waals surface area (Å²) in [4.78, 5) is 11.1. The lowest BCUT2D eigenvalue weighted by atomic mass is 10.1. The first-order valence-corrected chi connectivity index (χ1v) is 4.95. The Morgan fingerprint density at radius 3 is 2.58 bits per heavy atom. The molecule has 0 unspecified atom stereocenters. The molecule has 0 bridgehead atoms. The molecule has 3 heteroatoms. The largest absolute Gasteiger partial charge is 0.295 e. The molecule has 0 aliphatic heterocycles. The zero-order valence-corrected chi connectivity index (χ0v) is 9.73. The number of carbonyl (C=O) groups excluding carboxylic acids is 1. The Balaban J connectivity index is 3.36. The first kappa shape index (κ1) is 9.99. The van der Waals surface area contributed by atoms with Gasteiger partial charge in [-0.05, 0) is 54.1 Å². The highest BCUT2D eigenvalue weighted by Gasteiger charge is 2.08. The molecule has 0 N–H and O–H groups in total. The summed E-state index contributed by atoms with van der Waals surface area (Å²) >= 11 is 8.02. The van der Waals surface area contributed by atoms with E-state index in [1.54, 1.807) is 19.1 Å². The zero-order chi connectivity index (χ0) is 9.30. The van der Waals surface area contributed by atoms with E-state index in [9.17, 15) is 4.79 Å². The number of hydrogen-bond acceptors (Lipinski definition) is 1. The highest BCUT2D eigenvalue weighted by molar-refractivity contribution is 14.1. The van der Waals surface area contributed by atoms with E-state index >= 15 is 0 Å². The van der Waals surface area contributed by atoms with Crippen LogP contribution in [0.25, 0.3) is 0 Å². The van der Waals surface area contributed by atoms with Gasteiger partial charge in [-0.15, -0.1) is 0 Å². The van der Waals surface area contributed by atoms with Crippen LogP contribution in [0, 0.1) is 10.5 Å². The maximum absolute atomic E-state index is 11.1. The number of carbonyl (C=O) groups is 1. The second-order valence-electron chi connectivity index (χ2n) is 2.59. The Labute approximate surface area is 90.3 Å². The molecule has 0 atom stereocenters. The molecule has 0 aliphatic carbocycles. The third-order valence-corrected chi connectivity index (χ3v) is 3.74. The van der Waals surface area contributed by atoms with Gasteiger partial charge in [-0.2, -0.15) is 0 Å². The summed E-state index contributed by atoms with van der Waals surface area (Å²) in [6, 6.07) is 3.52. The summed E-state index contributed by atoms with van der Waals surface area (Å²) in [7, 11) is 0. The second kappa shape index (κ2) is 3.75. The predicted octanol–water partition coefficient (Wildman–Crippen LogP) is 3.46. The lowest BCUT2D eigenvalue weighted by Crippen LogP contribution is -1.97. The minimum absolute atomic E-state index is 0.0853.